The lowest BCUT2D eigenvalue weighted by Crippen LogP contribution is -2.27. The third kappa shape index (κ3) is 1.81. The summed E-state index contributed by atoms with van der Waals surface area (Å²) in [6.45, 7) is 0.468. The van der Waals surface area contributed by atoms with Crippen LogP contribution in [0.2, 0.25) is 0 Å². The van der Waals surface area contributed by atoms with Crippen LogP contribution in [0.1, 0.15) is 12.1 Å². The number of nitrogens with two attached hydrogens (primary N) is 1. The number of aromatic nitrogens is 1. The van der Waals surface area contributed by atoms with E-state index in [1.54, 1.807) is 13.2 Å². The first-order valence-corrected chi connectivity index (χ1v) is 5.21. The average molecular weight is 218 g/mol. The highest BCUT2D eigenvalue weighted by molar-refractivity contribution is 6.15. The van der Waals surface area contributed by atoms with Gasteiger partial charge in [0.25, 0.3) is 5.91 Å². The summed E-state index contributed by atoms with van der Waals surface area (Å²) in [5.41, 5.74) is 6.98. The smallest absolute Gasteiger partial charge is 0.251 e. The molecule has 16 heavy (non-hydrogen) atoms. The topological polar surface area (TPSA) is 71.6 Å². The standard InChI is InChI=1S/C11H14N4O/c1-15-11(16)8(5-6-12)10(14-15)9-4-2-3-7-13-9/h2-4,7-8H,5-6,12H2,1H3. The maximum absolute atomic E-state index is 11.8. The van der Waals surface area contributed by atoms with E-state index in [1.807, 2.05) is 18.2 Å². The zero-order valence-electron chi connectivity index (χ0n) is 9.13. The minimum Gasteiger partial charge on any atom is -0.330 e. The molecule has 0 saturated heterocycles. The highest BCUT2D eigenvalue weighted by atomic mass is 16.2. The van der Waals surface area contributed by atoms with E-state index in [1.165, 1.54) is 5.01 Å². The molecule has 0 aliphatic carbocycles. The minimum atomic E-state index is -0.245. The minimum absolute atomic E-state index is 0.00824. The molecule has 2 N–H and O–H groups in total. The molecule has 5 heteroatoms. The predicted octanol–water partition coefficient (Wildman–Crippen LogP) is 0.223. The van der Waals surface area contributed by atoms with Crippen molar-refractivity contribution in [1.82, 2.24) is 9.99 Å². The number of nitrogens with zero attached hydrogens (tertiary/aromatic N) is 3. The van der Waals surface area contributed by atoms with Crippen molar-refractivity contribution in [3.05, 3.63) is 30.1 Å². The third-order valence-corrected chi connectivity index (χ3v) is 2.59. The summed E-state index contributed by atoms with van der Waals surface area (Å²) in [6, 6.07) is 5.57. The van der Waals surface area contributed by atoms with Gasteiger partial charge in [0.15, 0.2) is 0 Å². The second kappa shape index (κ2) is 4.40. The number of hydrogen-bond acceptors (Lipinski definition) is 4. The molecular weight excluding hydrogens is 204 g/mol. The van der Waals surface area contributed by atoms with E-state index in [9.17, 15) is 4.79 Å². The molecule has 0 fully saturated rings. The van der Waals surface area contributed by atoms with Crippen molar-refractivity contribution in [3.63, 3.8) is 0 Å². The number of pyridine rings is 1. The molecule has 0 aromatic carbocycles. The SMILES string of the molecule is CN1N=C(c2ccccn2)C(CCN)C1=O. The van der Waals surface area contributed by atoms with Crippen molar-refractivity contribution >= 4 is 11.6 Å². The molecule has 84 valence electrons. The molecule has 1 atom stereocenters. The van der Waals surface area contributed by atoms with E-state index < -0.39 is 0 Å². The Morgan fingerprint density at radius 1 is 1.50 bits per heavy atom. The first kappa shape index (κ1) is 10.8. The van der Waals surface area contributed by atoms with Gasteiger partial charge in [0, 0.05) is 13.2 Å². The molecule has 0 radical (unpaired) electrons. The van der Waals surface area contributed by atoms with Crippen LogP contribution in [0.15, 0.2) is 29.5 Å². The van der Waals surface area contributed by atoms with Crippen molar-refractivity contribution in [2.45, 2.75) is 6.42 Å². The van der Waals surface area contributed by atoms with E-state index >= 15 is 0 Å². The number of carbonyl (C=O) groups is 1. The molecule has 0 bridgehead atoms. The Bertz CT molecular complexity index is 415. The van der Waals surface area contributed by atoms with Gasteiger partial charge in [-0.15, -0.1) is 0 Å². The van der Waals surface area contributed by atoms with Crippen molar-refractivity contribution in [1.29, 1.82) is 0 Å². The first-order chi connectivity index (χ1) is 7.74. The molecular formula is C11H14N4O. The lowest BCUT2D eigenvalue weighted by atomic mass is 9.97. The Labute approximate surface area is 94.0 Å². The third-order valence-electron chi connectivity index (χ3n) is 2.59. The van der Waals surface area contributed by atoms with Gasteiger partial charge in [0.2, 0.25) is 0 Å². The van der Waals surface area contributed by atoms with E-state index in [0.717, 1.165) is 11.4 Å². The molecule has 1 aromatic rings. The predicted molar refractivity (Wildman–Crippen MR) is 60.7 cm³/mol. The monoisotopic (exact) mass is 218 g/mol. The number of amides is 1. The second-order valence-corrected chi connectivity index (χ2v) is 3.69. The van der Waals surface area contributed by atoms with Gasteiger partial charge in [-0.2, -0.15) is 5.10 Å². The molecule has 2 rings (SSSR count). The van der Waals surface area contributed by atoms with Gasteiger partial charge in [-0.25, -0.2) is 5.01 Å². The van der Waals surface area contributed by atoms with Crippen molar-refractivity contribution < 1.29 is 4.79 Å². The van der Waals surface area contributed by atoms with Gasteiger partial charge < -0.3 is 5.73 Å². The van der Waals surface area contributed by atoms with Crippen molar-refractivity contribution in [2.75, 3.05) is 13.6 Å². The van der Waals surface area contributed by atoms with Gasteiger partial charge in [-0.1, -0.05) is 6.07 Å². The number of hydrogen-bond donors (Lipinski definition) is 1. The van der Waals surface area contributed by atoms with Crippen LogP contribution in [0, 0.1) is 5.92 Å². The average Bonchev–Trinajstić information content (AvgIpc) is 2.59. The molecule has 1 amide bonds. The fourth-order valence-electron chi connectivity index (χ4n) is 1.79. The lowest BCUT2D eigenvalue weighted by Gasteiger charge is -2.09. The van der Waals surface area contributed by atoms with Gasteiger partial charge in [0.1, 0.15) is 0 Å². The van der Waals surface area contributed by atoms with Crippen LogP contribution in [0.4, 0.5) is 0 Å². The van der Waals surface area contributed by atoms with Crippen molar-refractivity contribution in [3.8, 4) is 0 Å². The van der Waals surface area contributed by atoms with Crippen molar-refractivity contribution in [2.24, 2.45) is 16.8 Å². The Hall–Kier alpha value is -1.75. The summed E-state index contributed by atoms with van der Waals surface area (Å²) in [6.07, 6.45) is 2.30. The van der Waals surface area contributed by atoms with Crippen LogP contribution in [0.3, 0.4) is 0 Å². The van der Waals surface area contributed by atoms with Crippen LogP contribution in [0.25, 0.3) is 0 Å². The molecule has 1 aliphatic heterocycles. The summed E-state index contributed by atoms with van der Waals surface area (Å²) in [7, 11) is 1.65. The van der Waals surface area contributed by atoms with Crippen LogP contribution < -0.4 is 5.73 Å². The highest BCUT2D eigenvalue weighted by Crippen LogP contribution is 2.20. The van der Waals surface area contributed by atoms with Crippen LogP contribution >= 0.6 is 0 Å². The summed E-state index contributed by atoms with van der Waals surface area (Å²) in [4.78, 5) is 16.0. The zero-order chi connectivity index (χ0) is 11.5. The molecule has 0 saturated carbocycles. The number of carbonyl (C=O) groups excluding carboxylic acids is 1. The molecule has 2 heterocycles. The maximum atomic E-state index is 11.8. The fourth-order valence-corrected chi connectivity index (χ4v) is 1.79. The normalized spacial score (nSPS) is 20.1. The Morgan fingerprint density at radius 3 is 2.94 bits per heavy atom. The Balaban J connectivity index is 2.32. The van der Waals surface area contributed by atoms with E-state index in [-0.39, 0.29) is 11.8 Å². The number of hydrazone groups is 1. The number of rotatable bonds is 3. The van der Waals surface area contributed by atoms with Gasteiger partial charge in [-0.3, -0.25) is 9.78 Å². The van der Waals surface area contributed by atoms with E-state index in [4.69, 9.17) is 5.73 Å². The quantitative estimate of drug-likeness (QED) is 0.789. The fraction of sp³-hybridized carbons (Fsp3) is 0.364. The van der Waals surface area contributed by atoms with Crippen LogP contribution in [-0.2, 0) is 4.79 Å². The summed E-state index contributed by atoms with van der Waals surface area (Å²) >= 11 is 0. The second-order valence-electron chi connectivity index (χ2n) is 3.69. The summed E-state index contributed by atoms with van der Waals surface area (Å²) < 4.78 is 0. The van der Waals surface area contributed by atoms with Gasteiger partial charge in [-0.05, 0) is 25.1 Å². The van der Waals surface area contributed by atoms with E-state index in [2.05, 4.69) is 10.1 Å². The maximum Gasteiger partial charge on any atom is 0.251 e. The summed E-state index contributed by atoms with van der Waals surface area (Å²) in [5, 5.41) is 5.59. The first-order valence-electron chi connectivity index (χ1n) is 5.21. The van der Waals surface area contributed by atoms with Crippen LogP contribution in [0.5, 0.6) is 0 Å². The molecule has 1 unspecified atom stereocenters. The highest BCUT2D eigenvalue weighted by Gasteiger charge is 2.34. The molecule has 1 aliphatic rings. The molecule has 1 aromatic heterocycles. The Kier molecular flexibility index (Phi) is 2.96. The van der Waals surface area contributed by atoms with Gasteiger partial charge in [0.05, 0.1) is 17.3 Å². The Morgan fingerprint density at radius 2 is 2.31 bits per heavy atom. The zero-order valence-corrected chi connectivity index (χ0v) is 9.13. The van der Waals surface area contributed by atoms with E-state index in [0.29, 0.717) is 13.0 Å². The van der Waals surface area contributed by atoms with Gasteiger partial charge >= 0.3 is 0 Å². The molecule has 0 spiro atoms. The largest absolute Gasteiger partial charge is 0.330 e. The molecule has 5 nitrogen and oxygen atoms in total. The van der Waals surface area contributed by atoms with Crippen LogP contribution in [-0.4, -0.2) is 35.2 Å². The summed E-state index contributed by atoms with van der Waals surface area (Å²) in [5.74, 6) is -0.254. The lowest BCUT2D eigenvalue weighted by molar-refractivity contribution is -0.130.